The average molecular weight is 292 g/mol. The van der Waals surface area contributed by atoms with Gasteiger partial charge in [-0.05, 0) is 48.5 Å². The van der Waals surface area contributed by atoms with E-state index in [0.717, 1.165) is 5.31 Å². The van der Waals surface area contributed by atoms with Crippen molar-refractivity contribution in [1.29, 1.82) is 0 Å². The molecule has 0 saturated heterocycles. The van der Waals surface area contributed by atoms with Gasteiger partial charge in [-0.1, -0.05) is 11.6 Å². The molecule has 0 unspecified atom stereocenters. The first-order valence-corrected chi connectivity index (χ1v) is 6.39. The van der Waals surface area contributed by atoms with E-state index in [0.29, 0.717) is 22.2 Å². The van der Waals surface area contributed by atoms with Gasteiger partial charge < -0.3 is 14.9 Å². The Morgan fingerprint density at radius 2 is 1.60 bits per heavy atom. The number of anilines is 1. The third-order valence-corrected chi connectivity index (χ3v) is 2.75. The van der Waals surface area contributed by atoms with Gasteiger partial charge in [0.15, 0.2) is 1.41 Å². The summed E-state index contributed by atoms with van der Waals surface area (Å²) in [5, 5.41) is 1.47. The van der Waals surface area contributed by atoms with E-state index in [-0.39, 0.29) is 0 Å². The monoisotopic (exact) mass is 291 g/mol. The summed E-state index contributed by atoms with van der Waals surface area (Å²) in [5.41, 5.74) is 0.470. The second-order valence-electron chi connectivity index (χ2n) is 4.34. The Morgan fingerprint density at radius 1 is 1.10 bits per heavy atom. The number of nitrogens with zero attached hydrogens (tertiary/aromatic N) is 1. The molecule has 0 saturated carbocycles. The normalized spacial score (nSPS) is 10.7. The Kier molecular flexibility index (Phi) is 4.04. The topological polar surface area (TPSA) is 41.6 Å². The van der Waals surface area contributed by atoms with Crippen LogP contribution in [0.4, 0.5) is 10.5 Å². The van der Waals surface area contributed by atoms with Gasteiger partial charge in [0.05, 0.1) is 0 Å². The van der Waals surface area contributed by atoms with Gasteiger partial charge in [-0.25, -0.2) is 4.79 Å². The van der Waals surface area contributed by atoms with Crippen LogP contribution in [0.3, 0.4) is 0 Å². The zero-order valence-corrected chi connectivity index (χ0v) is 12.0. The largest absolute Gasteiger partial charge is 0.457 e. The minimum atomic E-state index is -0.415. The van der Waals surface area contributed by atoms with Gasteiger partial charge in [0, 0.05) is 24.8 Å². The molecule has 0 heterocycles. The molecule has 0 bridgehead atoms. The van der Waals surface area contributed by atoms with Gasteiger partial charge in [-0.3, -0.25) is 0 Å². The number of halogens is 1. The SMILES string of the molecule is [2H]N(C(=O)N(C)C)c1ccc(Oc2ccc(Cl)cc2)cc1. The first kappa shape index (κ1) is 12.8. The Balaban J connectivity index is 2.08. The zero-order chi connectivity index (χ0) is 15.4. The summed E-state index contributed by atoms with van der Waals surface area (Å²) in [6.07, 6.45) is 0. The molecule has 0 aliphatic heterocycles. The first-order chi connectivity index (χ1) is 9.97. The van der Waals surface area contributed by atoms with E-state index in [4.69, 9.17) is 17.7 Å². The van der Waals surface area contributed by atoms with E-state index >= 15 is 0 Å². The maximum absolute atomic E-state index is 11.7. The lowest BCUT2D eigenvalue weighted by Gasteiger charge is -2.12. The molecule has 0 fully saturated rings. The van der Waals surface area contributed by atoms with Crippen LogP contribution in [0, 0.1) is 0 Å². The number of amides is 2. The van der Waals surface area contributed by atoms with E-state index in [1.165, 1.54) is 4.90 Å². The van der Waals surface area contributed by atoms with Crippen LogP contribution in [0.2, 0.25) is 6.43 Å². The molecule has 0 aliphatic rings. The van der Waals surface area contributed by atoms with Gasteiger partial charge in [-0.15, -0.1) is 0 Å². The lowest BCUT2D eigenvalue weighted by atomic mass is 10.3. The maximum atomic E-state index is 11.7. The standard InChI is InChI=1S/C15H15ClN2O2/c1-18(2)15(19)17-12-5-9-14(10-6-12)20-13-7-3-11(16)4-8-13/h3-10H,1-2H3,(H,17,19)/i/hD. The molecular formula is C15H15ClN2O2. The van der Waals surface area contributed by atoms with Gasteiger partial charge >= 0.3 is 6.03 Å². The Hall–Kier alpha value is -2.20. The molecule has 2 aromatic rings. The van der Waals surface area contributed by atoms with Crippen LogP contribution in [0.1, 0.15) is 0 Å². The van der Waals surface area contributed by atoms with E-state index in [2.05, 4.69) is 0 Å². The quantitative estimate of drug-likeness (QED) is 0.919. The van der Waals surface area contributed by atoms with E-state index in [1.54, 1.807) is 62.6 Å². The summed E-state index contributed by atoms with van der Waals surface area (Å²) in [6, 6.07) is 13.3. The molecule has 0 spiro atoms. The molecule has 2 rings (SSSR count). The average Bonchev–Trinajstić information content (AvgIpc) is 2.49. The fraction of sp³-hybridized carbons (Fsp3) is 0.133. The number of hydrogen-bond acceptors (Lipinski definition) is 2. The number of urea groups is 1. The highest BCUT2D eigenvalue weighted by molar-refractivity contribution is 6.30. The second-order valence-corrected chi connectivity index (χ2v) is 4.78. The first-order valence-electron chi connectivity index (χ1n) is 6.46. The third kappa shape index (κ3) is 3.90. The lowest BCUT2D eigenvalue weighted by Crippen LogP contribution is -2.27. The number of carbonyl (C=O) groups is 1. The fourth-order valence-electron chi connectivity index (χ4n) is 1.44. The van der Waals surface area contributed by atoms with Crippen LogP contribution in [0.25, 0.3) is 0 Å². The fourth-order valence-corrected chi connectivity index (χ4v) is 1.56. The minimum absolute atomic E-state index is 0.415. The molecule has 5 heteroatoms. The van der Waals surface area contributed by atoms with Crippen molar-refractivity contribution in [3.8, 4) is 11.5 Å². The number of benzene rings is 2. The van der Waals surface area contributed by atoms with Crippen molar-refractivity contribution in [3.63, 3.8) is 0 Å². The molecule has 0 atom stereocenters. The van der Waals surface area contributed by atoms with Crippen LogP contribution in [0.5, 0.6) is 11.5 Å². The van der Waals surface area contributed by atoms with Gasteiger partial charge in [0.25, 0.3) is 0 Å². The van der Waals surface area contributed by atoms with Gasteiger partial charge in [0.1, 0.15) is 11.5 Å². The van der Waals surface area contributed by atoms with Crippen LogP contribution in [0.15, 0.2) is 48.5 Å². The molecule has 0 aromatic heterocycles. The number of carbonyl (C=O) groups excluding carboxylic acids is 1. The Bertz CT molecular complexity index is 615. The number of hydrogen-bond donors (Lipinski definition) is 1. The van der Waals surface area contributed by atoms with Crippen molar-refractivity contribution in [2.24, 2.45) is 0 Å². The smallest absolute Gasteiger partial charge is 0.321 e. The van der Waals surface area contributed by atoms with E-state index in [9.17, 15) is 4.79 Å². The third-order valence-electron chi connectivity index (χ3n) is 2.49. The van der Waals surface area contributed by atoms with Crippen LogP contribution in [-0.2, 0) is 0 Å². The number of rotatable bonds is 3. The molecule has 2 aromatic carbocycles. The van der Waals surface area contributed by atoms with Crippen LogP contribution >= 0.6 is 11.6 Å². The summed E-state index contributed by atoms with van der Waals surface area (Å²) in [7, 11) is 3.20. The van der Waals surface area contributed by atoms with E-state index < -0.39 is 6.03 Å². The summed E-state index contributed by atoms with van der Waals surface area (Å²) >= 11 is 5.81. The van der Waals surface area contributed by atoms with Crippen LogP contribution in [-0.4, -0.2) is 25.0 Å². The van der Waals surface area contributed by atoms with Crippen molar-refractivity contribution in [3.05, 3.63) is 53.6 Å². The highest BCUT2D eigenvalue weighted by atomic mass is 35.5. The Labute approximate surface area is 124 Å². The molecule has 2 amide bonds. The number of nitrogens with one attached hydrogen (secondary N) is 1. The van der Waals surface area contributed by atoms with Crippen molar-refractivity contribution in [1.82, 2.24) is 4.90 Å². The number of ether oxygens (including phenoxy) is 1. The molecule has 1 N–H and O–H groups in total. The molecule has 0 radical (unpaired) electrons. The van der Waals surface area contributed by atoms with Gasteiger partial charge in [-0.2, -0.15) is 0 Å². The van der Waals surface area contributed by atoms with Crippen LogP contribution < -0.4 is 10.0 Å². The second kappa shape index (κ2) is 6.30. The van der Waals surface area contributed by atoms with Crippen molar-refractivity contribution < 1.29 is 10.9 Å². The zero-order valence-electron chi connectivity index (χ0n) is 12.2. The minimum Gasteiger partial charge on any atom is -0.457 e. The Morgan fingerprint density at radius 3 is 2.10 bits per heavy atom. The van der Waals surface area contributed by atoms with E-state index in [1.807, 2.05) is 0 Å². The van der Waals surface area contributed by atoms with Crippen molar-refractivity contribution in [2.45, 2.75) is 0 Å². The summed E-state index contributed by atoms with van der Waals surface area (Å²) in [4.78, 5) is 13.0. The van der Waals surface area contributed by atoms with Gasteiger partial charge in [0.2, 0.25) is 0 Å². The summed E-state index contributed by atoms with van der Waals surface area (Å²) in [5.74, 6) is 1.28. The molecule has 0 aliphatic carbocycles. The molecule has 104 valence electrons. The highest BCUT2D eigenvalue weighted by Crippen LogP contribution is 2.24. The molecular weight excluding hydrogens is 276 g/mol. The summed E-state index contributed by atoms with van der Waals surface area (Å²) in [6.45, 7) is 0. The predicted octanol–water partition coefficient (Wildman–Crippen LogP) is 4.23. The molecule has 4 nitrogen and oxygen atoms in total. The maximum Gasteiger partial charge on any atom is 0.321 e. The van der Waals surface area contributed by atoms with Crippen molar-refractivity contribution in [2.75, 3.05) is 19.4 Å². The highest BCUT2D eigenvalue weighted by Gasteiger charge is 2.04. The lowest BCUT2D eigenvalue weighted by molar-refractivity contribution is 0.230. The predicted molar refractivity (Wildman–Crippen MR) is 80.7 cm³/mol. The molecule has 20 heavy (non-hydrogen) atoms. The summed E-state index contributed by atoms with van der Waals surface area (Å²) < 4.78 is 13.4. The van der Waals surface area contributed by atoms with Crippen molar-refractivity contribution >= 4 is 23.3 Å².